The summed E-state index contributed by atoms with van der Waals surface area (Å²) < 4.78 is 3.48. The summed E-state index contributed by atoms with van der Waals surface area (Å²) in [4.78, 5) is 5.72. The van der Waals surface area contributed by atoms with Crippen LogP contribution in [0.5, 0.6) is 0 Å². The van der Waals surface area contributed by atoms with Gasteiger partial charge in [-0.2, -0.15) is 0 Å². The van der Waals surface area contributed by atoms with Gasteiger partial charge in [0.2, 0.25) is 0 Å². The first-order chi connectivity index (χ1) is 7.65. The maximum absolute atomic E-state index is 3.48. The highest BCUT2D eigenvalue weighted by Crippen LogP contribution is 2.51. The van der Waals surface area contributed by atoms with Gasteiger partial charge in [-0.15, -0.1) is 23.1 Å². The highest BCUT2D eigenvalue weighted by molar-refractivity contribution is 8.03. The molecule has 1 N–H and O–H groups in total. The lowest BCUT2D eigenvalue weighted by Gasteiger charge is -2.21. The fourth-order valence-corrected chi connectivity index (χ4v) is 5.65. The van der Waals surface area contributed by atoms with Crippen LogP contribution in [-0.2, 0) is 0 Å². The lowest BCUT2D eigenvalue weighted by atomic mass is 10.1. The van der Waals surface area contributed by atoms with Gasteiger partial charge >= 0.3 is 0 Å². The van der Waals surface area contributed by atoms with Gasteiger partial charge in [-0.05, 0) is 55.3 Å². The average molecular weight is 267 g/mol. The number of allylic oxidation sites excluding steroid dienone is 2. The molecule has 1 aromatic heterocycles. The van der Waals surface area contributed by atoms with Crippen LogP contribution in [0.15, 0.2) is 33.2 Å². The summed E-state index contributed by atoms with van der Waals surface area (Å²) in [6.07, 6.45) is 2.26. The average Bonchev–Trinajstić information content (AvgIpc) is 2.57. The molecule has 1 aromatic rings. The van der Waals surface area contributed by atoms with E-state index in [1.165, 1.54) is 30.8 Å². The SMILES string of the molecule is CC1=CC2=C(C)[C@H](S1)c1sc(C)cc1SN2. The van der Waals surface area contributed by atoms with Crippen molar-refractivity contribution in [2.24, 2.45) is 0 Å². The molecule has 2 aliphatic heterocycles. The van der Waals surface area contributed by atoms with Crippen molar-refractivity contribution in [1.82, 2.24) is 4.72 Å². The molecular formula is C12H13NS3. The van der Waals surface area contributed by atoms with Crippen LogP contribution in [-0.4, -0.2) is 0 Å². The predicted octanol–water partition coefficient (Wildman–Crippen LogP) is 4.63. The van der Waals surface area contributed by atoms with Crippen molar-refractivity contribution < 1.29 is 0 Å². The van der Waals surface area contributed by atoms with E-state index in [1.807, 2.05) is 23.1 Å². The first-order valence-corrected chi connectivity index (χ1v) is 7.75. The second-order valence-corrected chi connectivity index (χ2v) is 7.63. The van der Waals surface area contributed by atoms with Crippen LogP contribution in [0.4, 0.5) is 0 Å². The molecule has 4 heteroatoms. The lowest BCUT2D eigenvalue weighted by Crippen LogP contribution is -2.07. The van der Waals surface area contributed by atoms with E-state index in [2.05, 4.69) is 37.6 Å². The highest BCUT2D eigenvalue weighted by Gasteiger charge is 2.28. The van der Waals surface area contributed by atoms with E-state index >= 15 is 0 Å². The molecule has 1 atom stereocenters. The van der Waals surface area contributed by atoms with Crippen molar-refractivity contribution in [3.05, 3.63) is 38.1 Å². The van der Waals surface area contributed by atoms with Crippen molar-refractivity contribution in [3.8, 4) is 0 Å². The molecule has 0 unspecified atom stereocenters. The summed E-state index contributed by atoms with van der Waals surface area (Å²) in [6.45, 7) is 6.63. The normalized spacial score (nSPS) is 23.4. The first-order valence-electron chi connectivity index (χ1n) is 5.24. The molecule has 3 rings (SSSR count). The second-order valence-electron chi connectivity index (χ2n) is 4.14. The number of aryl methyl sites for hydroxylation is 1. The molecule has 0 amide bonds. The Balaban J connectivity index is 2.15. The summed E-state index contributed by atoms with van der Waals surface area (Å²) in [5, 5.41) is 0.524. The summed E-state index contributed by atoms with van der Waals surface area (Å²) in [6, 6.07) is 2.29. The van der Waals surface area contributed by atoms with Gasteiger partial charge in [-0.3, -0.25) is 0 Å². The van der Waals surface area contributed by atoms with Gasteiger partial charge in [0, 0.05) is 20.3 Å². The Hall–Kier alpha value is -0.320. The van der Waals surface area contributed by atoms with Crippen molar-refractivity contribution in [2.45, 2.75) is 30.9 Å². The number of thioether (sulfide) groups is 1. The van der Waals surface area contributed by atoms with E-state index in [0.717, 1.165) is 0 Å². The van der Waals surface area contributed by atoms with Gasteiger partial charge in [0.05, 0.1) is 5.25 Å². The maximum Gasteiger partial charge on any atom is 0.0676 e. The highest BCUT2D eigenvalue weighted by atomic mass is 32.2. The third-order valence-corrected chi connectivity index (χ3v) is 6.41. The number of hydrogen-bond donors (Lipinski definition) is 1. The van der Waals surface area contributed by atoms with Gasteiger partial charge in [-0.1, -0.05) is 0 Å². The van der Waals surface area contributed by atoms with Crippen molar-refractivity contribution in [3.63, 3.8) is 0 Å². The van der Waals surface area contributed by atoms with Crippen LogP contribution in [0.2, 0.25) is 0 Å². The molecule has 0 saturated carbocycles. The number of hydrogen-bond acceptors (Lipinski definition) is 4. The van der Waals surface area contributed by atoms with Gasteiger partial charge in [-0.25, -0.2) is 0 Å². The Morgan fingerprint density at radius 1 is 1.25 bits per heavy atom. The van der Waals surface area contributed by atoms with Gasteiger partial charge in [0.1, 0.15) is 0 Å². The maximum atomic E-state index is 3.48. The zero-order valence-corrected chi connectivity index (χ0v) is 11.9. The quantitative estimate of drug-likeness (QED) is 0.688. The summed E-state index contributed by atoms with van der Waals surface area (Å²) >= 11 is 5.67. The van der Waals surface area contributed by atoms with Crippen LogP contribution in [0.25, 0.3) is 0 Å². The van der Waals surface area contributed by atoms with Crippen molar-refractivity contribution in [1.29, 1.82) is 0 Å². The van der Waals surface area contributed by atoms with Crippen molar-refractivity contribution >= 4 is 35.0 Å². The monoisotopic (exact) mass is 267 g/mol. The fraction of sp³-hybridized carbons (Fsp3) is 0.333. The molecule has 1 nitrogen and oxygen atoms in total. The van der Waals surface area contributed by atoms with Gasteiger partial charge < -0.3 is 4.72 Å². The Bertz CT molecular complexity index is 510. The molecule has 2 bridgehead atoms. The summed E-state index contributed by atoms with van der Waals surface area (Å²) in [5.74, 6) is 0. The molecule has 0 aliphatic carbocycles. The molecule has 84 valence electrons. The minimum Gasteiger partial charge on any atom is -0.326 e. The molecule has 2 aliphatic rings. The Morgan fingerprint density at radius 3 is 2.88 bits per heavy atom. The zero-order chi connectivity index (χ0) is 11.3. The summed E-state index contributed by atoms with van der Waals surface area (Å²) in [5.41, 5.74) is 2.76. The Morgan fingerprint density at radius 2 is 2.06 bits per heavy atom. The van der Waals surface area contributed by atoms with Crippen LogP contribution in [0.3, 0.4) is 0 Å². The molecule has 16 heavy (non-hydrogen) atoms. The van der Waals surface area contributed by atoms with E-state index in [-0.39, 0.29) is 0 Å². The minimum absolute atomic E-state index is 0.524. The number of thiophene rings is 1. The number of fused-ring (bicyclic) bond motifs is 3. The van der Waals surface area contributed by atoms with Crippen LogP contribution >= 0.6 is 35.0 Å². The Labute approximate surface area is 109 Å². The lowest BCUT2D eigenvalue weighted by molar-refractivity contribution is 1.06. The molecule has 0 aromatic carbocycles. The minimum atomic E-state index is 0.524. The third-order valence-electron chi connectivity index (χ3n) is 2.83. The predicted molar refractivity (Wildman–Crippen MR) is 74.8 cm³/mol. The first kappa shape index (κ1) is 10.8. The molecule has 0 saturated heterocycles. The molecular weight excluding hydrogens is 254 g/mol. The van der Waals surface area contributed by atoms with E-state index < -0.39 is 0 Å². The van der Waals surface area contributed by atoms with E-state index in [0.29, 0.717) is 5.25 Å². The second kappa shape index (κ2) is 3.86. The molecule has 0 spiro atoms. The summed E-state index contributed by atoms with van der Waals surface area (Å²) in [7, 11) is 0. The topological polar surface area (TPSA) is 12.0 Å². The van der Waals surface area contributed by atoms with Crippen molar-refractivity contribution in [2.75, 3.05) is 0 Å². The molecule has 0 fully saturated rings. The number of rotatable bonds is 0. The largest absolute Gasteiger partial charge is 0.326 e. The smallest absolute Gasteiger partial charge is 0.0676 e. The van der Waals surface area contributed by atoms with Crippen LogP contribution < -0.4 is 4.72 Å². The van der Waals surface area contributed by atoms with E-state index in [1.54, 1.807) is 11.9 Å². The van der Waals surface area contributed by atoms with E-state index in [4.69, 9.17) is 0 Å². The standard InChI is InChI=1S/C12H13NS3/c1-6-4-9-8(3)11(14-6)12-10(16-13-9)5-7(2)15-12/h4-5,11,13H,1-3H3/t11-/m0/s1. The zero-order valence-electron chi connectivity index (χ0n) is 9.46. The van der Waals surface area contributed by atoms with Crippen LogP contribution in [0.1, 0.15) is 28.9 Å². The van der Waals surface area contributed by atoms with Crippen LogP contribution in [0, 0.1) is 6.92 Å². The third kappa shape index (κ3) is 1.63. The molecule has 3 heterocycles. The molecule has 0 radical (unpaired) electrons. The fourth-order valence-electron chi connectivity index (χ4n) is 2.01. The van der Waals surface area contributed by atoms with E-state index in [9.17, 15) is 0 Å². The Kier molecular flexibility index (Phi) is 2.61. The number of nitrogens with one attached hydrogen (secondary N) is 1. The van der Waals surface area contributed by atoms with Gasteiger partial charge in [0.15, 0.2) is 0 Å². The van der Waals surface area contributed by atoms with Gasteiger partial charge in [0.25, 0.3) is 0 Å².